The van der Waals surface area contributed by atoms with Gasteiger partial charge >= 0.3 is 0 Å². The molecular formula is C23H27FN4O2. The van der Waals surface area contributed by atoms with E-state index in [1.807, 2.05) is 36.1 Å². The van der Waals surface area contributed by atoms with Crippen molar-refractivity contribution in [3.63, 3.8) is 0 Å². The summed E-state index contributed by atoms with van der Waals surface area (Å²) in [6.45, 7) is 6.60. The van der Waals surface area contributed by atoms with E-state index in [1.165, 1.54) is 6.07 Å². The van der Waals surface area contributed by atoms with Gasteiger partial charge in [0.1, 0.15) is 11.9 Å². The lowest BCUT2D eigenvalue weighted by Crippen LogP contribution is -2.34. The molecule has 2 heterocycles. The minimum Gasteiger partial charge on any atom is -0.373 e. The Hall–Kier alpha value is -3.09. The standard InChI is InChI=1S/C23H27FN4O2/c1-15-7-8-20(24)19-14-21(26-22(15)19)23(30)25-17-5-3-6-18(13-17)28-10-4-9-27(11-12-28)16(2)29/h3,5-8,13,21,26H,4,9-12,14H2,1-2H3,(H,25,30). The number of carbonyl (C=O) groups is 2. The van der Waals surface area contributed by atoms with Crippen molar-refractivity contribution in [3.8, 4) is 0 Å². The van der Waals surface area contributed by atoms with Gasteiger partial charge in [0.2, 0.25) is 11.8 Å². The summed E-state index contributed by atoms with van der Waals surface area (Å²) in [4.78, 5) is 28.6. The molecular weight excluding hydrogens is 383 g/mol. The Bertz CT molecular complexity index is 947. The summed E-state index contributed by atoms with van der Waals surface area (Å²) in [5.74, 6) is -0.350. The van der Waals surface area contributed by atoms with Crippen LogP contribution in [0.1, 0.15) is 24.5 Å². The van der Waals surface area contributed by atoms with E-state index < -0.39 is 6.04 Å². The van der Waals surface area contributed by atoms with Crippen LogP contribution in [0.3, 0.4) is 0 Å². The van der Waals surface area contributed by atoms with Gasteiger partial charge in [-0.15, -0.1) is 0 Å². The third-order valence-electron chi connectivity index (χ3n) is 5.93. The average molecular weight is 410 g/mol. The molecule has 0 saturated carbocycles. The van der Waals surface area contributed by atoms with Gasteiger partial charge in [0.05, 0.1) is 0 Å². The summed E-state index contributed by atoms with van der Waals surface area (Å²) in [6, 6.07) is 10.4. The van der Waals surface area contributed by atoms with Crippen LogP contribution in [0.4, 0.5) is 21.5 Å². The van der Waals surface area contributed by atoms with E-state index in [-0.39, 0.29) is 17.6 Å². The lowest BCUT2D eigenvalue weighted by Gasteiger charge is -2.24. The fourth-order valence-corrected chi connectivity index (χ4v) is 4.23. The molecule has 1 saturated heterocycles. The lowest BCUT2D eigenvalue weighted by atomic mass is 10.1. The number of aryl methyl sites for hydroxylation is 1. The molecule has 6 nitrogen and oxygen atoms in total. The van der Waals surface area contributed by atoms with Crippen LogP contribution in [0.15, 0.2) is 36.4 Å². The second kappa shape index (κ2) is 8.34. The number of fused-ring (bicyclic) bond motifs is 1. The van der Waals surface area contributed by atoms with Crippen molar-refractivity contribution < 1.29 is 14.0 Å². The molecule has 1 unspecified atom stereocenters. The van der Waals surface area contributed by atoms with Gasteiger partial charge in [0.15, 0.2) is 0 Å². The Morgan fingerprint density at radius 1 is 1.13 bits per heavy atom. The Kier molecular flexibility index (Phi) is 5.61. The smallest absolute Gasteiger partial charge is 0.247 e. The van der Waals surface area contributed by atoms with E-state index in [0.29, 0.717) is 24.2 Å². The molecule has 1 atom stereocenters. The molecule has 0 aliphatic carbocycles. The van der Waals surface area contributed by atoms with Crippen LogP contribution in [0, 0.1) is 12.7 Å². The van der Waals surface area contributed by atoms with E-state index in [2.05, 4.69) is 15.5 Å². The SMILES string of the molecule is CC(=O)N1CCCN(c2cccc(NC(=O)C3Cc4c(F)ccc(C)c4N3)c2)CC1. The van der Waals surface area contributed by atoms with Gasteiger partial charge in [0, 0.05) is 62.1 Å². The number of rotatable bonds is 3. The highest BCUT2D eigenvalue weighted by atomic mass is 19.1. The van der Waals surface area contributed by atoms with Crippen molar-refractivity contribution in [2.75, 3.05) is 41.7 Å². The zero-order valence-corrected chi connectivity index (χ0v) is 17.4. The summed E-state index contributed by atoms with van der Waals surface area (Å²) >= 11 is 0. The van der Waals surface area contributed by atoms with Crippen molar-refractivity contribution in [2.45, 2.75) is 32.7 Å². The molecule has 2 N–H and O–H groups in total. The average Bonchev–Trinajstić information content (AvgIpc) is 3.04. The third kappa shape index (κ3) is 4.10. The topological polar surface area (TPSA) is 64.7 Å². The largest absolute Gasteiger partial charge is 0.373 e. The molecule has 2 aliphatic rings. The normalized spacial score (nSPS) is 18.4. The van der Waals surface area contributed by atoms with Crippen molar-refractivity contribution >= 4 is 28.9 Å². The first-order chi connectivity index (χ1) is 14.4. The molecule has 30 heavy (non-hydrogen) atoms. The summed E-state index contributed by atoms with van der Waals surface area (Å²) in [7, 11) is 0. The molecule has 1 fully saturated rings. The Morgan fingerprint density at radius 2 is 1.97 bits per heavy atom. The van der Waals surface area contributed by atoms with Gasteiger partial charge in [0.25, 0.3) is 0 Å². The second-order valence-corrected chi connectivity index (χ2v) is 8.01. The second-order valence-electron chi connectivity index (χ2n) is 8.01. The number of nitrogens with zero attached hydrogens (tertiary/aromatic N) is 2. The van der Waals surface area contributed by atoms with Gasteiger partial charge in [-0.05, 0) is 43.2 Å². The first-order valence-electron chi connectivity index (χ1n) is 10.4. The monoisotopic (exact) mass is 410 g/mol. The Balaban J connectivity index is 1.43. The van der Waals surface area contributed by atoms with Crippen LogP contribution in [0.5, 0.6) is 0 Å². The molecule has 0 bridgehead atoms. The highest BCUT2D eigenvalue weighted by Crippen LogP contribution is 2.32. The maximum atomic E-state index is 14.1. The number of nitrogens with one attached hydrogen (secondary N) is 2. The quantitative estimate of drug-likeness (QED) is 0.816. The molecule has 158 valence electrons. The maximum Gasteiger partial charge on any atom is 0.247 e. The van der Waals surface area contributed by atoms with Crippen molar-refractivity contribution in [2.24, 2.45) is 0 Å². The fraction of sp³-hybridized carbons (Fsp3) is 0.391. The zero-order valence-electron chi connectivity index (χ0n) is 17.4. The molecule has 0 spiro atoms. The van der Waals surface area contributed by atoms with Crippen LogP contribution in [0.25, 0.3) is 0 Å². The number of halogens is 1. The molecule has 2 aromatic rings. The predicted octanol–water partition coefficient (Wildman–Crippen LogP) is 3.17. The summed E-state index contributed by atoms with van der Waals surface area (Å²) in [6.07, 6.45) is 1.24. The molecule has 2 aliphatic heterocycles. The van der Waals surface area contributed by atoms with Gasteiger partial charge in [-0.1, -0.05) is 12.1 Å². The minimum atomic E-state index is -0.499. The van der Waals surface area contributed by atoms with Crippen LogP contribution in [-0.2, 0) is 16.0 Å². The van der Waals surface area contributed by atoms with Crippen molar-refractivity contribution in [1.82, 2.24) is 4.90 Å². The first-order valence-corrected chi connectivity index (χ1v) is 10.4. The zero-order chi connectivity index (χ0) is 21.3. The van der Waals surface area contributed by atoms with Gasteiger partial charge in [-0.3, -0.25) is 9.59 Å². The van der Waals surface area contributed by atoms with E-state index >= 15 is 0 Å². The highest BCUT2D eigenvalue weighted by molar-refractivity contribution is 5.98. The highest BCUT2D eigenvalue weighted by Gasteiger charge is 2.30. The fourth-order valence-electron chi connectivity index (χ4n) is 4.23. The van der Waals surface area contributed by atoms with E-state index in [1.54, 1.807) is 13.0 Å². The summed E-state index contributed by atoms with van der Waals surface area (Å²) < 4.78 is 14.1. The first kappa shape index (κ1) is 20.2. The molecule has 0 radical (unpaired) electrons. The molecule has 4 rings (SSSR count). The molecule has 0 aromatic heterocycles. The molecule has 2 aromatic carbocycles. The van der Waals surface area contributed by atoms with Crippen LogP contribution >= 0.6 is 0 Å². The Labute approximate surface area is 176 Å². The number of benzene rings is 2. The van der Waals surface area contributed by atoms with Gasteiger partial charge < -0.3 is 20.4 Å². The summed E-state index contributed by atoms with van der Waals surface area (Å²) in [5.41, 5.74) is 3.96. The minimum absolute atomic E-state index is 0.106. The maximum absolute atomic E-state index is 14.1. The predicted molar refractivity (Wildman–Crippen MR) is 116 cm³/mol. The Morgan fingerprint density at radius 3 is 2.73 bits per heavy atom. The number of anilines is 3. The molecule has 2 amide bonds. The number of hydrogen-bond donors (Lipinski definition) is 2. The molecule has 7 heteroatoms. The lowest BCUT2D eigenvalue weighted by molar-refractivity contribution is -0.128. The number of carbonyl (C=O) groups excluding carboxylic acids is 2. The summed E-state index contributed by atoms with van der Waals surface area (Å²) in [5, 5.41) is 6.13. The van der Waals surface area contributed by atoms with E-state index in [9.17, 15) is 14.0 Å². The third-order valence-corrected chi connectivity index (χ3v) is 5.93. The van der Waals surface area contributed by atoms with Crippen molar-refractivity contribution in [3.05, 3.63) is 53.3 Å². The van der Waals surface area contributed by atoms with Crippen LogP contribution in [0.2, 0.25) is 0 Å². The van der Waals surface area contributed by atoms with Gasteiger partial charge in [-0.25, -0.2) is 4.39 Å². The van der Waals surface area contributed by atoms with Crippen LogP contribution in [-0.4, -0.2) is 48.9 Å². The van der Waals surface area contributed by atoms with Crippen molar-refractivity contribution in [1.29, 1.82) is 0 Å². The van der Waals surface area contributed by atoms with E-state index in [4.69, 9.17) is 0 Å². The van der Waals surface area contributed by atoms with Crippen LogP contribution < -0.4 is 15.5 Å². The number of amides is 2. The van der Waals surface area contributed by atoms with Gasteiger partial charge in [-0.2, -0.15) is 0 Å². The van der Waals surface area contributed by atoms with E-state index in [0.717, 1.165) is 43.0 Å². The number of hydrogen-bond acceptors (Lipinski definition) is 4.